The van der Waals surface area contributed by atoms with Crippen LogP contribution in [0.5, 0.6) is 5.75 Å². The van der Waals surface area contributed by atoms with Gasteiger partial charge in [0.25, 0.3) is 0 Å². The molecule has 0 heterocycles. The normalized spacial score (nSPS) is 12.2. The molecule has 0 saturated heterocycles. The summed E-state index contributed by atoms with van der Waals surface area (Å²) in [7, 11) is 0. The molecule has 1 unspecified atom stereocenters. The summed E-state index contributed by atoms with van der Waals surface area (Å²) in [6, 6.07) is 14.1. The van der Waals surface area contributed by atoms with Gasteiger partial charge in [0, 0.05) is 16.2 Å². The van der Waals surface area contributed by atoms with Crippen molar-refractivity contribution in [1.29, 1.82) is 0 Å². The van der Waals surface area contributed by atoms with Gasteiger partial charge in [-0.1, -0.05) is 18.2 Å². The Hall–Kier alpha value is -1.48. The van der Waals surface area contributed by atoms with Crippen LogP contribution in [0.1, 0.15) is 24.5 Å². The summed E-state index contributed by atoms with van der Waals surface area (Å²) in [5.74, 6) is 0.323. The molecule has 0 bridgehead atoms. The molecule has 0 aliphatic rings. The third-order valence-corrected chi connectivity index (χ3v) is 4.02. The number of aromatic hydroxyl groups is 1. The van der Waals surface area contributed by atoms with E-state index in [1.807, 2.05) is 12.1 Å². The van der Waals surface area contributed by atoms with E-state index in [0.29, 0.717) is 11.8 Å². The third kappa shape index (κ3) is 4.27. The first-order valence-corrected chi connectivity index (χ1v) is 7.64. The maximum atomic E-state index is 9.27. The van der Waals surface area contributed by atoms with Gasteiger partial charge in [-0.3, -0.25) is 0 Å². The molecule has 2 N–H and O–H groups in total. The van der Waals surface area contributed by atoms with Crippen molar-refractivity contribution in [2.75, 3.05) is 5.32 Å². The third-order valence-electron chi connectivity index (χ3n) is 3.33. The summed E-state index contributed by atoms with van der Waals surface area (Å²) in [5.41, 5.74) is 3.64. The van der Waals surface area contributed by atoms with Gasteiger partial charge in [-0.2, -0.15) is 0 Å². The number of phenols is 1. The Morgan fingerprint density at radius 2 is 1.85 bits per heavy atom. The Labute approximate surface area is 129 Å². The smallest absolute Gasteiger partial charge is 0.115 e. The molecule has 0 spiro atoms. The number of anilines is 1. The fraction of sp³-hybridized carbons (Fsp3) is 0.294. The van der Waals surface area contributed by atoms with Crippen LogP contribution >= 0.6 is 15.9 Å². The first kappa shape index (κ1) is 14.9. The molecule has 2 aromatic rings. The molecule has 106 valence electrons. The van der Waals surface area contributed by atoms with Crippen LogP contribution in [0.15, 0.2) is 46.9 Å². The molecule has 2 rings (SSSR count). The molecule has 0 aliphatic heterocycles. The van der Waals surface area contributed by atoms with Gasteiger partial charge in [-0.05, 0) is 78.0 Å². The van der Waals surface area contributed by atoms with Crippen LogP contribution in [0.3, 0.4) is 0 Å². The van der Waals surface area contributed by atoms with Crippen LogP contribution in [0, 0.1) is 6.92 Å². The van der Waals surface area contributed by atoms with Crippen LogP contribution in [-0.4, -0.2) is 11.1 Å². The molecule has 0 radical (unpaired) electrons. The largest absolute Gasteiger partial charge is 0.508 e. The van der Waals surface area contributed by atoms with E-state index in [4.69, 9.17) is 0 Å². The number of benzene rings is 2. The zero-order valence-electron chi connectivity index (χ0n) is 11.9. The van der Waals surface area contributed by atoms with Gasteiger partial charge < -0.3 is 10.4 Å². The Bertz CT molecular complexity index is 566. The molecule has 3 heteroatoms. The topological polar surface area (TPSA) is 32.3 Å². The van der Waals surface area contributed by atoms with Crippen molar-refractivity contribution in [2.24, 2.45) is 0 Å². The quantitative estimate of drug-likeness (QED) is 0.815. The number of hydrogen-bond donors (Lipinski definition) is 2. The first-order valence-electron chi connectivity index (χ1n) is 6.85. The van der Waals surface area contributed by atoms with Crippen molar-refractivity contribution < 1.29 is 5.11 Å². The van der Waals surface area contributed by atoms with Gasteiger partial charge in [-0.15, -0.1) is 0 Å². The predicted molar refractivity (Wildman–Crippen MR) is 88.4 cm³/mol. The van der Waals surface area contributed by atoms with E-state index in [-0.39, 0.29) is 0 Å². The van der Waals surface area contributed by atoms with Crippen LogP contribution in [0.25, 0.3) is 0 Å². The SMILES string of the molecule is Cc1ccc(Br)c(NC(C)CCc2ccc(O)cc2)c1. The summed E-state index contributed by atoms with van der Waals surface area (Å²) in [6.45, 7) is 4.29. The fourth-order valence-electron chi connectivity index (χ4n) is 2.13. The Morgan fingerprint density at radius 3 is 2.55 bits per heavy atom. The second-order valence-corrected chi connectivity index (χ2v) is 6.09. The predicted octanol–water partition coefficient (Wildman–Crippen LogP) is 4.90. The number of hydrogen-bond acceptors (Lipinski definition) is 2. The summed E-state index contributed by atoms with van der Waals surface area (Å²) in [6.07, 6.45) is 2.04. The van der Waals surface area contributed by atoms with E-state index in [1.54, 1.807) is 12.1 Å². The van der Waals surface area contributed by atoms with Gasteiger partial charge in [0.15, 0.2) is 0 Å². The second-order valence-electron chi connectivity index (χ2n) is 5.23. The lowest BCUT2D eigenvalue weighted by Gasteiger charge is -2.17. The number of phenolic OH excluding ortho intramolecular Hbond substituents is 1. The lowest BCUT2D eigenvalue weighted by molar-refractivity contribution is 0.475. The van der Waals surface area contributed by atoms with E-state index >= 15 is 0 Å². The van der Waals surface area contributed by atoms with E-state index in [9.17, 15) is 5.11 Å². The molecule has 0 aromatic heterocycles. The molecule has 2 aromatic carbocycles. The molecule has 0 fully saturated rings. The van der Waals surface area contributed by atoms with E-state index in [1.165, 1.54) is 11.1 Å². The minimum atomic E-state index is 0.323. The van der Waals surface area contributed by atoms with Gasteiger partial charge in [0.05, 0.1) is 0 Å². The second kappa shape index (κ2) is 6.80. The monoisotopic (exact) mass is 333 g/mol. The maximum absolute atomic E-state index is 9.27. The Kier molecular flexibility index (Phi) is 5.07. The average Bonchev–Trinajstić information content (AvgIpc) is 2.42. The highest BCUT2D eigenvalue weighted by Crippen LogP contribution is 2.24. The molecule has 2 nitrogen and oxygen atoms in total. The van der Waals surface area contributed by atoms with Crippen molar-refractivity contribution in [3.63, 3.8) is 0 Å². The summed E-state index contributed by atoms with van der Waals surface area (Å²) >= 11 is 3.57. The van der Waals surface area contributed by atoms with Gasteiger partial charge in [0.2, 0.25) is 0 Å². The van der Waals surface area contributed by atoms with Crippen LogP contribution < -0.4 is 5.32 Å². The number of nitrogens with one attached hydrogen (secondary N) is 1. The molecule has 20 heavy (non-hydrogen) atoms. The van der Waals surface area contributed by atoms with Crippen molar-refractivity contribution in [3.05, 3.63) is 58.1 Å². The van der Waals surface area contributed by atoms with Crippen molar-refractivity contribution in [2.45, 2.75) is 32.7 Å². The van der Waals surface area contributed by atoms with Crippen molar-refractivity contribution in [1.82, 2.24) is 0 Å². The van der Waals surface area contributed by atoms with E-state index in [2.05, 4.69) is 53.3 Å². The number of rotatable bonds is 5. The number of aryl methyl sites for hydroxylation is 2. The number of halogens is 1. The van der Waals surface area contributed by atoms with Gasteiger partial charge >= 0.3 is 0 Å². The highest BCUT2D eigenvalue weighted by molar-refractivity contribution is 9.10. The zero-order chi connectivity index (χ0) is 14.5. The van der Waals surface area contributed by atoms with Crippen LogP contribution in [-0.2, 0) is 6.42 Å². The summed E-state index contributed by atoms with van der Waals surface area (Å²) in [4.78, 5) is 0. The maximum Gasteiger partial charge on any atom is 0.115 e. The molecule has 0 aliphatic carbocycles. The fourth-order valence-corrected chi connectivity index (χ4v) is 2.49. The van der Waals surface area contributed by atoms with Crippen LogP contribution in [0.4, 0.5) is 5.69 Å². The van der Waals surface area contributed by atoms with Gasteiger partial charge in [-0.25, -0.2) is 0 Å². The van der Waals surface area contributed by atoms with Crippen LogP contribution in [0.2, 0.25) is 0 Å². The van der Waals surface area contributed by atoms with Crippen molar-refractivity contribution in [3.8, 4) is 5.75 Å². The molecule has 0 amide bonds. The van der Waals surface area contributed by atoms with Gasteiger partial charge in [0.1, 0.15) is 5.75 Å². The molecular weight excluding hydrogens is 314 g/mol. The lowest BCUT2D eigenvalue weighted by atomic mass is 10.1. The summed E-state index contributed by atoms with van der Waals surface area (Å²) in [5, 5.41) is 12.8. The standard InChI is InChI=1S/C17H20BrNO/c1-12-3-10-16(18)17(11-12)19-13(2)4-5-14-6-8-15(20)9-7-14/h3,6-11,13,19-20H,4-5H2,1-2H3. The molecule has 1 atom stereocenters. The zero-order valence-corrected chi connectivity index (χ0v) is 13.4. The summed E-state index contributed by atoms with van der Waals surface area (Å²) < 4.78 is 1.10. The highest BCUT2D eigenvalue weighted by atomic mass is 79.9. The Morgan fingerprint density at radius 1 is 1.15 bits per heavy atom. The minimum Gasteiger partial charge on any atom is -0.508 e. The minimum absolute atomic E-state index is 0.323. The van der Waals surface area contributed by atoms with Crippen molar-refractivity contribution >= 4 is 21.6 Å². The lowest BCUT2D eigenvalue weighted by Crippen LogP contribution is -2.16. The average molecular weight is 334 g/mol. The molecule has 0 saturated carbocycles. The van der Waals surface area contributed by atoms with E-state index in [0.717, 1.165) is 23.0 Å². The highest BCUT2D eigenvalue weighted by Gasteiger charge is 2.06. The van der Waals surface area contributed by atoms with E-state index < -0.39 is 0 Å². The first-order chi connectivity index (χ1) is 9.54. The molecular formula is C17H20BrNO. The Balaban J connectivity index is 1.90.